The fourth-order valence-electron chi connectivity index (χ4n) is 1.39. The number of nitrogens with zero attached hydrogens (tertiary/aromatic N) is 1. The number of carboxylic acid groups (broad SMARTS) is 1. The summed E-state index contributed by atoms with van der Waals surface area (Å²) in [5.41, 5.74) is 1.00. The molecular formula is C12H11FN2O3. The molecule has 0 fully saturated rings. The van der Waals surface area contributed by atoms with Crippen LogP contribution >= 0.6 is 0 Å². The number of halogens is 1. The Labute approximate surface area is 102 Å². The van der Waals surface area contributed by atoms with E-state index in [1.807, 2.05) is 0 Å². The maximum Gasteiger partial charge on any atom is 0.358 e. The molecule has 0 aliphatic rings. The fourth-order valence-corrected chi connectivity index (χ4v) is 1.39. The second-order valence-corrected chi connectivity index (χ2v) is 3.80. The number of aryl methyl sites for hydroxylation is 1. The normalized spacial score (nSPS) is 10.3. The molecule has 0 saturated heterocycles. The molecule has 0 bridgehead atoms. The molecule has 2 rings (SSSR count). The predicted octanol–water partition coefficient (Wildman–Crippen LogP) is 2.43. The van der Waals surface area contributed by atoms with Crippen molar-refractivity contribution in [2.24, 2.45) is 0 Å². The number of carboxylic acids is 1. The van der Waals surface area contributed by atoms with Crippen molar-refractivity contribution in [2.45, 2.75) is 13.5 Å². The van der Waals surface area contributed by atoms with Gasteiger partial charge in [0.25, 0.3) is 0 Å². The molecule has 2 N–H and O–H groups in total. The Balaban J connectivity index is 2.02. The topological polar surface area (TPSA) is 75.4 Å². The Morgan fingerprint density at radius 1 is 1.50 bits per heavy atom. The molecule has 1 aromatic heterocycles. The molecule has 0 unspecified atom stereocenters. The number of hydrogen-bond acceptors (Lipinski definition) is 4. The molecule has 0 radical (unpaired) electrons. The van der Waals surface area contributed by atoms with Crippen LogP contribution < -0.4 is 5.32 Å². The minimum absolute atomic E-state index is 0.151. The molecule has 0 aliphatic heterocycles. The molecule has 1 heterocycles. The molecule has 18 heavy (non-hydrogen) atoms. The van der Waals surface area contributed by atoms with Crippen molar-refractivity contribution in [3.8, 4) is 0 Å². The molecule has 1 aromatic carbocycles. The highest BCUT2D eigenvalue weighted by atomic mass is 19.1. The number of rotatable bonds is 4. The highest BCUT2D eigenvalue weighted by molar-refractivity contribution is 5.85. The molecule has 94 valence electrons. The van der Waals surface area contributed by atoms with Gasteiger partial charge in [-0.05, 0) is 24.6 Å². The highest BCUT2D eigenvalue weighted by Gasteiger charge is 2.10. The van der Waals surface area contributed by atoms with Gasteiger partial charge in [-0.1, -0.05) is 11.2 Å². The first-order valence-corrected chi connectivity index (χ1v) is 5.25. The van der Waals surface area contributed by atoms with E-state index in [2.05, 4.69) is 10.5 Å². The highest BCUT2D eigenvalue weighted by Crippen LogP contribution is 2.15. The molecular weight excluding hydrogens is 239 g/mol. The molecule has 5 nitrogen and oxygen atoms in total. The van der Waals surface area contributed by atoms with Gasteiger partial charge in [-0.15, -0.1) is 0 Å². The number of benzene rings is 1. The molecule has 0 spiro atoms. The molecule has 0 atom stereocenters. The largest absolute Gasteiger partial charge is 0.476 e. The summed E-state index contributed by atoms with van der Waals surface area (Å²) in [5, 5.41) is 14.9. The lowest BCUT2D eigenvalue weighted by Gasteiger charge is -2.04. The van der Waals surface area contributed by atoms with E-state index in [9.17, 15) is 9.18 Å². The fraction of sp³-hybridized carbons (Fsp3) is 0.167. The van der Waals surface area contributed by atoms with Gasteiger partial charge in [0.1, 0.15) is 5.82 Å². The van der Waals surface area contributed by atoms with Gasteiger partial charge in [0.15, 0.2) is 11.5 Å². The van der Waals surface area contributed by atoms with E-state index >= 15 is 0 Å². The summed E-state index contributed by atoms with van der Waals surface area (Å²) < 4.78 is 18.1. The zero-order chi connectivity index (χ0) is 13.1. The van der Waals surface area contributed by atoms with Crippen molar-refractivity contribution >= 4 is 11.7 Å². The monoisotopic (exact) mass is 250 g/mol. The Kier molecular flexibility index (Phi) is 3.27. The average molecular weight is 250 g/mol. The van der Waals surface area contributed by atoms with Gasteiger partial charge in [-0.3, -0.25) is 0 Å². The first-order valence-electron chi connectivity index (χ1n) is 5.25. The Morgan fingerprint density at radius 3 is 2.89 bits per heavy atom. The maximum absolute atomic E-state index is 13.3. The third kappa shape index (κ3) is 2.65. The van der Waals surface area contributed by atoms with Crippen LogP contribution in [0.1, 0.15) is 21.8 Å². The van der Waals surface area contributed by atoms with Crippen LogP contribution in [0.5, 0.6) is 0 Å². The van der Waals surface area contributed by atoms with Crippen LogP contribution in [0.4, 0.5) is 10.1 Å². The van der Waals surface area contributed by atoms with Gasteiger partial charge < -0.3 is 14.9 Å². The Bertz CT molecular complexity index is 580. The maximum atomic E-state index is 13.3. The number of nitrogens with one attached hydrogen (secondary N) is 1. The van der Waals surface area contributed by atoms with Crippen LogP contribution in [-0.4, -0.2) is 16.2 Å². The third-order valence-corrected chi connectivity index (χ3v) is 2.42. The lowest BCUT2D eigenvalue weighted by atomic mass is 10.2. The van der Waals surface area contributed by atoms with Crippen molar-refractivity contribution in [1.82, 2.24) is 5.16 Å². The summed E-state index contributed by atoms with van der Waals surface area (Å²) in [6.07, 6.45) is 0. The van der Waals surface area contributed by atoms with Crippen molar-refractivity contribution in [2.75, 3.05) is 5.32 Å². The predicted molar refractivity (Wildman–Crippen MR) is 61.9 cm³/mol. The van der Waals surface area contributed by atoms with Crippen LogP contribution in [0.15, 0.2) is 28.8 Å². The Hall–Kier alpha value is -2.37. The van der Waals surface area contributed by atoms with E-state index in [-0.39, 0.29) is 18.1 Å². The quantitative estimate of drug-likeness (QED) is 0.871. The standard InChI is InChI=1S/C12H11FN2O3/c1-7-2-3-8(4-10(7)13)14-6-9-5-11(12(16)17)15-18-9/h2-5,14H,6H2,1H3,(H,16,17). The number of aromatic nitrogens is 1. The van der Waals surface area contributed by atoms with E-state index in [4.69, 9.17) is 9.63 Å². The van der Waals surface area contributed by atoms with Gasteiger partial charge in [0, 0.05) is 11.8 Å². The van der Waals surface area contributed by atoms with Crippen LogP contribution in [0.3, 0.4) is 0 Å². The lowest BCUT2D eigenvalue weighted by molar-refractivity contribution is 0.0685. The van der Waals surface area contributed by atoms with Crippen LogP contribution in [-0.2, 0) is 6.54 Å². The summed E-state index contributed by atoms with van der Waals surface area (Å²) >= 11 is 0. The van der Waals surface area contributed by atoms with Crippen molar-refractivity contribution in [1.29, 1.82) is 0 Å². The van der Waals surface area contributed by atoms with Gasteiger partial charge >= 0.3 is 5.97 Å². The van der Waals surface area contributed by atoms with Crippen LogP contribution in [0, 0.1) is 12.7 Å². The van der Waals surface area contributed by atoms with Gasteiger partial charge in [0.05, 0.1) is 6.54 Å². The van der Waals surface area contributed by atoms with Gasteiger partial charge in [-0.2, -0.15) is 0 Å². The average Bonchev–Trinajstić information content (AvgIpc) is 2.79. The minimum Gasteiger partial charge on any atom is -0.476 e. The minimum atomic E-state index is -1.15. The zero-order valence-corrected chi connectivity index (χ0v) is 9.61. The summed E-state index contributed by atoms with van der Waals surface area (Å²) in [4.78, 5) is 10.6. The first kappa shape index (κ1) is 12.1. The molecule has 0 amide bonds. The van der Waals surface area contributed by atoms with E-state index in [0.717, 1.165) is 0 Å². The second kappa shape index (κ2) is 4.87. The molecule has 2 aromatic rings. The second-order valence-electron chi connectivity index (χ2n) is 3.80. The van der Waals surface area contributed by atoms with E-state index in [1.54, 1.807) is 19.1 Å². The van der Waals surface area contributed by atoms with Crippen molar-refractivity contribution in [3.05, 3.63) is 47.1 Å². The van der Waals surface area contributed by atoms with Crippen LogP contribution in [0.25, 0.3) is 0 Å². The third-order valence-electron chi connectivity index (χ3n) is 2.42. The number of carbonyl (C=O) groups is 1. The molecule has 6 heteroatoms. The number of hydrogen-bond donors (Lipinski definition) is 2. The van der Waals surface area contributed by atoms with Crippen LogP contribution in [0.2, 0.25) is 0 Å². The van der Waals surface area contributed by atoms with E-state index in [0.29, 0.717) is 17.0 Å². The summed E-state index contributed by atoms with van der Waals surface area (Å²) in [6, 6.07) is 6.07. The van der Waals surface area contributed by atoms with Crippen molar-refractivity contribution in [3.63, 3.8) is 0 Å². The van der Waals surface area contributed by atoms with Gasteiger partial charge in [-0.25, -0.2) is 9.18 Å². The number of anilines is 1. The number of aromatic carboxylic acids is 1. The first-order chi connectivity index (χ1) is 8.56. The summed E-state index contributed by atoms with van der Waals surface area (Å²) in [5.74, 6) is -1.08. The smallest absolute Gasteiger partial charge is 0.358 e. The van der Waals surface area contributed by atoms with E-state index < -0.39 is 5.97 Å². The summed E-state index contributed by atoms with van der Waals surface area (Å²) in [7, 11) is 0. The zero-order valence-electron chi connectivity index (χ0n) is 9.61. The lowest BCUT2D eigenvalue weighted by Crippen LogP contribution is -1.99. The molecule has 0 aliphatic carbocycles. The SMILES string of the molecule is Cc1ccc(NCc2cc(C(=O)O)no2)cc1F. The van der Waals surface area contributed by atoms with E-state index in [1.165, 1.54) is 12.1 Å². The van der Waals surface area contributed by atoms with Gasteiger partial charge in [0.2, 0.25) is 0 Å². The Morgan fingerprint density at radius 2 is 2.28 bits per heavy atom. The summed E-state index contributed by atoms with van der Waals surface area (Å²) in [6.45, 7) is 1.91. The molecule has 0 saturated carbocycles. The van der Waals surface area contributed by atoms with Crippen molar-refractivity contribution < 1.29 is 18.8 Å².